The van der Waals surface area contributed by atoms with Crippen molar-refractivity contribution < 1.29 is 248 Å². The summed E-state index contributed by atoms with van der Waals surface area (Å²) in [5.74, 6) is -5.87. The molecule has 0 radical (unpaired) electrons. The Kier molecular flexibility index (Phi) is 68.4. The van der Waals surface area contributed by atoms with Crippen molar-refractivity contribution in [1.29, 1.82) is 0 Å². The summed E-state index contributed by atoms with van der Waals surface area (Å²) in [6.07, 6.45) is 2.31. The van der Waals surface area contributed by atoms with Crippen molar-refractivity contribution in [2.24, 2.45) is 0 Å². The number of carbonyl (C=O) groups excluding carboxylic acids is 6. The van der Waals surface area contributed by atoms with Crippen LogP contribution >= 0.6 is 73.3 Å². The Morgan fingerprint density at radius 1 is 0.675 bits per heavy atom. The van der Waals surface area contributed by atoms with Crippen LogP contribution in [-0.2, 0) is 58.2 Å². The molecule has 3 aliphatic heterocycles. The Bertz CT molecular complexity index is 4460. The van der Waals surface area contributed by atoms with Gasteiger partial charge in [-0.05, 0) is 135 Å². The molecule has 0 bridgehead atoms. The van der Waals surface area contributed by atoms with E-state index in [0.29, 0.717) is 39.8 Å². The van der Waals surface area contributed by atoms with Gasteiger partial charge in [-0.1, -0.05) is 58.0 Å². The molecule has 3 saturated heterocycles. The molecule has 2 atom stereocenters. The molecule has 0 saturated carbocycles. The molecule has 3 fully saturated rings. The number of ether oxygens (including phenoxy) is 7. The van der Waals surface area contributed by atoms with E-state index in [1.807, 2.05) is 64.2 Å². The molecule has 0 spiro atoms. The van der Waals surface area contributed by atoms with Gasteiger partial charge >= 0.3 is 128 Å². The number of nitrogens with zero attached hydrogens (tertiary/aromatic N) is 3. The number of carboxylic acid groups (broad SMARTS) is 1. The maximum atomic E-state index is 13.4. The summed E-state index contributed by atoms with van der Waals surface area (Å²) in [4.78, 5) is 95.9. The fourth-order valence-corrected chi connectivity index (χ4v) is 13.3. The number of Topliss-reactive ketones (excluding diaryl/α,β-unsaturated/α-hetero) is 1. The average Bonchev–Trinajstić information content (AvgIpc) is 1.22. The molecule has 6 N–H and O–H groups in total. The first-order valence-corrected chi connectivity index (χ1v) is 40.1. The van der Waals surface area contributed by atoms with E-state index in [-0.39, 0.29) is 210 Å². The SMILES string of the molecule is Brc1ccsc1.C.C.C1COCCN1.CCOC.COCOc1cc(F)ccc1C(=O)N(C)OC.COCOc1cc(F)ccc1C(=O)c1ccsc1.CON(C)C(=O)c1ccc(F)cc1O.O=C(O)c1ccc(F)cc1O.O=C1CC(c2ccsc2)(c2ccc(N3CCOCC3)cc2O)NC(=O)C1Sc1ccccc1Cl.O=CO[O-].[CH2-]CCC.[H-].[K+].[K+].[Li+]. The number of halogens is 6. The Hall–Kier alpha value is -5.74. The number of rotatable bonds is 21. The Morgan fingerprint density at radius 3 is 1.54 bits per heavy atom. The normalized spacial score (nSPS) is 13.5. The number of aromatic hydroxyl groups is 3. The average molecular weight is 1930 g/mol. The largest absolute Gasteiger partial charge is 1.00 e. The van der Waals surface area contributed by atoms with E-state index in [1.54, 1.807) is 54.2 Å². The minimum atomic E-state index is -1.28. The van der Waals surface area contributed by atoms with Gasteiger partial charge in [0.25, 0.3) is 18.3 Å². The predicted molar refractivity (Wildman–Crippen MR) is 457 cm³/mol. The quantitative estimate of drug-likeness (QED) is 0.00508. The number of phenols is 3. The number of methoxy groups -OCH3 is 3. The van der Waals surface area contributed by atoms with Crippen molar-refractivity contribution in [3.8, 4) is 28.7 Å². The van der Waals surface area contributed by atoms with Gasteiger partial charge in [0.1, 0.15) is 68.4 Å². The first-order valence-electron chi connectivity index (χ1n) is 35.3. The van der Waals surface area contributed by atoms with Gasteiger partial charge in [-0.2, -0.15) is 40.4 Å². The third kappa shape index (κ3) is 43.8. The molecule has 2 unspecified atom stereocenters. The van der Waals surface area contributed by atoms with Crippen molar-refractivity contribution >= 4 is 121 Å². The summed E-state index contributed by atoms with van der Waals surface area (Å²) < 4.78 is 87.0. The first kappa shape index (κ1) is 121. The van der Waals surface area contributed by atoms with Crippen LogP contribution in [0.15, 0.2) is 175 Å². The molecule has 0 aliphatic carbocycles. The molecule has 3 amide bonds. The van der Waals surface area contributed by atoms with Gasteiger partial charge in [-0.25, -0.2) is 32.5 Å². The number of morpholine rings is 2. The number of aromatic carboxylic acids is 1. The van der Waals surface area contributed by atoms with Crippen LogP contribution in [0.2, 0.25) is 5.02 Å². The molecule has 27 nitrogen and oxygen atoms in total. The number of nitrogens with one attached hydrogen (secondary N) is 2. The molecule has 3 aliphatic rings. The Balaban J connectivity index is -0.000000697. The molecule has 9 aromatic rings. The van der Waals surface area contributed by atoms with Gasteiger partial charge in [0, 0.05) is 142 Å². The minimum absolute atomic E-state index is 0. The third-order valence-electron chi connectivity index (χ3n) is 15.5. The van der Waals surface area contributed by atoms with Crippen molar-refractivity contribution in [1.82, 2.24) is 20.8 Å². The number of hydroxylamine groups is 4. The number of unbranched alkanes of at least 4 members (excludes halogenated alkanes) is 1. The molecular weight excluding hydrogens is 1820 g/mol. The van der Waals surface area contributed by atoms with Crippen LogP contribution < -0.4 is 152 Å². The number of benzene rings is 6. The van der Waals surface area contributed by atoms with Gasteiger partial charge in [0.05, 0.1) is 62.4 Å². The zero-order valence-corrected chi connectivity index (χ0v) is 80.7. The smallest absolute Gasteiger partial charge is 1.00 e. The van der Waals surface area contributed by atoms with E-state index in [9.17, 15) is 56.5 Å². The number of piperidine rings is 1. The van der Waals surface area contributed by atoms with Crippen LogP contribution in [0.4, 0.5) is 23.2 Å². The Morgan fingerprint density at radius 2 is 1.15 bits per heavy atom. The van der Waals surface area contributed by atoms with Crippen LogP contribution in [-0.4, -0.2) is 200 Å². The molecular formula is C83H102BrClF4K2LiN5O22S4. The second-order valence-electron chi connectivity index (χ2n) is 23.5. The number of thioether (sulfide) groups is 1. The Labute approximate surface area is 843 Å². The fourth-order valence-electron chi connectivity index (χ4n) is 9.53. The molecule has 123 heavy (non-hydrogen) atoms. The van der Waals surface area contributed by atoms with Gasteiger partial charge in [0.2, 0.25) is 5.91 Å². The van der Waals surface area contributed by atoms with Gasteiger partial charge in [0.15, 0.2) is 25.2 Å². The van der Waals surface area contributed by atoms with Crippen LogP contribution in [0.3, 0.4) is 0 Å². The number of amides is 3. The van der Waals surface area contributed by atoms with Gasteiger partial charge < -0.3 is 87.6 Å². The second-order valence-corrected chi connectivity index (χ2v) is 28.3. The summed E-state index contributed by atoms with van der Waals surface area (Å²) >= 11 is 15.3. The number of anilines is 1. The zero-order chi connectivity index (χ0) is 87.5. The number of hydrogen-bond donors (Lipinski definition) is 6. The summed E-state index contributed by atoms with van der Waals surface area (Å²) in [6.45, 7) is 14.8. The third-order valence-corrected chi connectivity index (χ3v) is 20.2. The zero-order valence-electron chi connectivity index (χ0n) is 69.8. The van der Waals surface area contributed by atoms with E-state index >= 15 is 0 Å². The number of ketones is 2. The van der Waals surface area contributed by atoms with Crippen LogP contribution in [0, 0.1) is 30.2 Å². The summed E-state index contributed by atoms with van der Waals surface area (Å²) in [7, 11) is 10.1. The van der Waals surface area contributed by atoms with Gasteiger partial charge in [-0.3, -0.25) is 38.4 Å². The van der Waals surface area contributed by atoms with Crippen molar-refractivity contribution in [3.63, 3.8) is 0 Å². The minimum Gasteiger partial charge on any atom is -1.00 e. The van der Waals surface area contributed by atoms with Crippen LogP contribution in [0.25, 0.3) is 0 Å². The molecule has 3 aromatic heterocycles. The number of carbonyl (C=O) groups is 7. The second kappa shape index (κ2) is 69.3. The fraction of sp³-hybridized carbons (Fsp3) is 0.325. The van der Waals surface area contributed by atoms with Gasteiger partial charge in [-0.15, -0.1) is 11.8 Å². The van der Waals surface area contributed by atoms with E-state index in [2.05, 4.69) is 59.8 Å². The first-order chi connectivity index (χ1) is 56.6. The topological polar surface area (TPSA) is 350 Å². The standard InChI is InChI=1S/C25H23ClN2O4S2.C13H11FO3S.C11H14FNO4.C9H10FNO3.C7H5FO3.C4H3BrS.C4H9NO.C4H9.C3H8O.CH2O3.2CH4.2K.Li.H/c26-19-3-1-2-4-22(19)34-23-21(30)14-25(27-24(23)31,16-7-12-33-15-16)18-6-5-17(13-20(18)29)28-8-10-32-11-9-28;1-16-8-17-12-6-10(14)2-3-11(12)13(15)9-4-5-18-7-9;1-13(16-3)11(14)9-5-4-8(12)6-10(9)17-7-15-2;1-11(14-2)9(13)7-4-3-6(10)5-8(7)12;8-4-1-2-5(7(10)11)6(9)3-4;5-4-1-2-6-3-4;1-3-6-4-2-5-1;2*1-3-4-2;2-1-4-3;;;;;;/h1-7,12-13,15,23,29H,8-11,14H2,(H,27,31);2-7H,8H2,1H3;4-6H,7H2,1-3H3;3-5,12H,1-2H3;1-3,9H,(H,10,11);1-3H;5H,1-4H2;1,3-4H2,2H3;3H2,1-2H3;1,3H;2*1H4;;;;/q;;;;;;;-1;;;;;3*+1;-1/p-1. The van der Waals surface area contributed by atoms with Crippen molar-refractivity contribution in [2.75, 3.05) is 127 Å². The number of hydrogen-bond acceptors (Lipinski definition) is 27. The summed E-state index contributed by atoms with van der Waals surface area (Å²) in [6, 6.07) is 31.6. The van der Waals surface area contributed by atoms with Crippen LogP contribution in [0.1, 0.15) is 108 Å². The molecule has 40 heteroatoms. The monoisotopic (exact) mass is 1920 g/mol. The maximum absolute atomic E-state index is 13.4. The van der Waals surface area contributed by atoms with E-state index in [1.165, 1.54) is 112 Å². The molecule has 6 aromatic carbocycles. The maximum Gasteiger partial charge on any atom is 1.00 e. The predicted octanol–water partition coefficient (Wildman–Crippen LogP) is 6.60. The van der Waals surface area contributed by atoms with E-state index < -0.39 is 69.2 Å². The molecule has 6 heterocycles. The molecule has 660 valence electrons. The number of thiophene rings is 3. The van der Waals surface area contributed by atoms with Crippen molar-refractivity contribution in [3.05, 3.63) is 244 Å². The van der Waals surface area contributed by atoms with E-state index in [4.69, 9.17) is 65.1 Å². The number of carboxylic acids is 1. The summed E-state index contributed by atoms with van der Waals surface area (Å²) in [5, 5.41) is 65.3. The van der Waals surface area contributed by atoms with Crippen LogP contribution in [0.5, 0.6) is 28.7 Å². The number of phenolic OH excluding ortho intramolecular Hbond substituents is 2. The van der Waals surface area contributed by atoms with E-state index in [0.717, 1.165) is 122 Å². The summed E-state index contributed by atoms with van der Waals surface area (Å²) in [5.41, 5.74) is 1.81. The van der Waals surface area contributed by atoms with Crippen molar-refractivity contribution in [2.45, 2.75) is 63.6 Å². The molecule has 12 rings (SSSR count).